The first kappa shape index (κ1) is 15.0. The van der Waals surface area contributed by atoms with Crippen molar-refractivity contribution in [1.29, 1.82) is 0 Å². The van der Waals surface area contributed by atoms with Crippen LogP contribution in [0.3, 0.4) is 0 Å². The van der Waals surface area contributed by atoms with E-state index >= 15 is 0 Å². The zero-order chi connectivity index (χ0) is 14.3. The van der Waals surface area contributed by atoms with Crippen molar-refractivity contribution >= 4 is 23.3 Å². The highest BCUT2D eigenvalue weighted by Crippen LogP contribution is 2.28. The van der Waals surface area contributed by atoms with Crippen molar-refractivity contribution in [2.24, 2.45) is 0 Å². The van der Waals surface area contributed by atoms with Crippen molar-refractivity contribution in [3.8, 4) is 5.75 Å². The molecule has 1 rings (SSSR count). The monoisotopic (exact) mass is 285 g/mol. The van der Waals surface area contributed by atoms with E-state index in [1.807, 2.05) is 0 Å². The number of halogens is 1. The number of benzene rings is 1. The molecule has 6 nitrogen and oxygen atoms in total. The highest BCUT2D eigenvalue weighted by Gasteiger charge is 2.12. The number of esters is 1. The smallest absolute Gasteiger partial charge is 0.330 e. The van der Waals surface area contributed by atoms with Crippen molar-refractivity contribution in [2.45, 2.75) is 6.92 Å². The molecule has 1 aromatic carbocycles. The average molecular weight is 286 g/mol. The number of nitrogens with zero attached hydrogens (tertiary/aromatic N) is 1. The number of rotatable bonds is 6. The number of nitro benzene ring substituents is 1. The lowest BCUT2D eigenvalue weighted by atomic mass is 10.3. The van der Waals surface area contributed by atoms with Crippen LogP contribution in [0.2, 0.25) is 5.02 Å². The van der Waals surface area contributed by atoms with Gasteiger partial charge in [-0.15, -0.1) is 0 Å². The highest BCUT2D eigenvalue weighted by molar-refractivity contribution is 6.32. The third-order valence-electron chi connectivity index (χ3n) is 2.00. The SMILES string of the molecule is CCOC(=O)/C=C/COc1ccc([N+](=O)[O-])c(Cl)c1. The van der Waals surface area contributed by atoms with Gasteiger partial charge in [0, 0.05) is 18.2 Å². The molecular weight excluding hydrogens is 274 g/mol. The summed E-state index contributed by atoms with van der Waals surface area (Å²) >= 11 is 5.72. The molecule has 0 aliphatic rings. The van der Waals surface area contributed by atoms with Crippen LogP contribution in [0.15, 0.2) is 30.4 Å². The van der Waals surface area contributed by atoms with E-state index in [1.165, 1.54) is 30.4 Å². The summed E-state index contributed by atoms with van der Waals surface area (Å²) in [7, 11) is 0. The number of carbonyl (C=O) groups is 1. The van der Waals surface area contributed by atoms with Crippen LogP contribution in [0.4, 0.5) is 5.69 Å². The third-order valence-corrected chi connectivity index (χ3v) is 2.31. The molecule has 0 fully saturated rings. The van der Waals surface area contributed by atoms with E-state index in [1.54, 1.807) is 6.92 Å². The normalized spacial score (nSPS) is 10.4. The summed E-state index contributed by atoms with van der Waals surface area (Å²) in [4.78, 5) is 20.9. The molecule has 0 heterocycles. The van der Waals surface area contributed by atoms with E-state index < -0.39 is 10.9 Å². The van der Waals surface area contributed by atoms with Gasteiger partial charge in [-0.05, 0) is 19.1 Å². The second kappa shape index (κ2) is 7.38. The molecule has 0 aliphatic carbocycles. The van der Waals surface area contributed by atoms with Crippen LogP contribution >= 0.6 is 11.6 Å². The maximum Gasteiger partial charge on any atom is 0.330 e. The van der Waals surface area contributed by atoms with Gasteiger partial charge in [-0.25, -0.2) is 4.79 Å². The second-order valence-corrected chi connectivity index (χ2v) is 3.74. The average Bonchev–Trinajstić information content (AvgIpc) is 2.34. The van der Waals surface area contributed by atoms with Crippen LogP contribution in [-0.4, -0.2) is 24.1 Å². The molecule has 0 saturated carbocycles. The number of ether oxygens (including phenoxy) is 2. The van der Waals surface area contributed by atoms with Gasteiger partial charge < -0.3 is 9.47 Å². The van der Waals surface area contributed by atoms with Gasteiger partial charge in [0.2, 0.25) is 0 Å². The van der Waals surface area contributed by atoms with Gasteiger partial charge >= 0.3 is 5.97 Å². The molecular formula is C12H12ClNO5. The number of carbonyl (C=O) groups excluding carboxylic acids is 1. The molecule has 0 spiro atoms. The Morgan fingerprint density at radius 2 is 2.26 bits per heavy atom. The molecule has 19 heavy (non-hydrogen) atoms. The molecule has 0 aromatic heterocycles. The predicted octanol–water partition coefficient (Wildman–Crippen LogP) is 2.75. The Bertz CT molecular complexity index is 501. The highest BCUT2D eigenvalue weighted by atomic mass is 35.5. The predicted molar refractivity (Wildman–Crippen MR) is 69.4 cm³/mol. The Morgan fingerprint density at radius 1 is 1.53 bits per heavy atom. The van der Waals surface area contributed by atoms with Crippen molar-refractivity contribution in [2.75, 3.05) is 13.2 Å². The quantitative estimate of drug-likeness (QED) is 0.347. The van der Waals surface area contributed by atoms with Gasteiger partial charge in [-0.1, -0.05) is 11.6 Å². The fraction of sp³-hybridized carbons (Fsp3) is 0.250. The summed E-state index contributed by atoms with van der Waals surface area (Å²) in [6.45, 7) is 2.15. The van der Waals surface area contributed by atoms with Crippen LogP contribution in [0.1, 0.15) is 6.92 Å². The van der Waals surface area contributed by atoms with Gasteiger partial charge in [0.05, 0.1) is 11.5 Å². The van der Waals surface area contributed by atoms with Crippen molar-refractivity contribution in [1.82, 2.24) is 0 Å². The van der Waals surface area contributed by atoms with E-state index in [9.17, 15) is 14.9 Å². The minimum absolute atomic E-state index is 0.00290. The van der Waals surface area contributed by atoms with E-state index in [0.29, 0.717) is 12.4 Å². The second-order valence-electron chi connectivity index (χ2n) is 3.34. The topological polar surface area (TPSA) is 78.7 Å². The lowest BCUT2D eigenvalue weighted by Gasteiger charge is -2.03. The standard InChI is InChI=1S/C12H12ClNO5/c1-2-18-12(15)4-3-7-19-9-5-6-11(14(16)17)10(13)8-9/h3-6,8H,2,7H2,1H3/b4-3+. The molecule has 0 bridgehead atoms. The Kier molecular flexibility index (Phi) is 5.81. The summed E-state index contributed by atoms with van der Waals surface area (Å²) in [6.07, 6.45) is 2.73. The van der Waals surface area contributed by atoms with Gasteiger partial charge in [-0.2, -0.15) is 0 Å². The van der Waals surface area contributed by atoms with E-state index in [2.05, 4.69) is 4.74 Å². The number of nitro groups is 1. The van der Waals surface area contributed by atoms with Crippen LogP contribution < -0.4 is 4.74 Å². The Balaban J connectivity index is 2.53. The van der Waals surface area contributed by atoms with Crippen molar-refractivity contribution < 1.29 is 19.2 Å². The van der Waals surface area contributed by atoms with E-state index in [4.69, 9.17) is 16.3 Å². The molecule has 7 heteroatoms. The Labute approximate surface area is 114 Å². The van der Waals surface area contributed by atoms with Crippen LogP contribution in [0.25, 0.3) is 0 Å². The third kappa shape index (κ3) is 4.97. The summed E-state index contributed by atoms with van der Waals surface area (Å²) in [5, 5.41) is 10.5. The molecule has 1 aromatic rings. The van der Waals surface area contributed by atoms with E-state index in [-0.39, 0.29) is 17.3 Å². The van der Waals surface area contributed by atoms with E-state index in [0.717, 1.165) is 0 Å². The largest absolute Gasteiger partial charge is 0.489 e. The lowest BCUT2D eigenvalue weighted by molar-refractivity contribution is -0.384. The minimum Gasteiger partial charge on any atom is -0.489 e. The van der Waals surface area contributed by atoms with Crippen LogP contribution in [0.5, 0.6) is 5.75 Å². The molecule has 0 atom stereocenters. The van der Waals surface area contributed by atoms with Crippen molar-refractivity contribution in [3.05, 3.63) is 45.5 Å². The molecule has 0 N–H and O–H groups in total. The maximum absolute atomic E-state index is 11.0. The molecule has 0 aliphatic heterocycles. The first-order valence-corrected chi connectivity index (χ1v) is 5.82. The molecule has 0 saturated heterocycles. The summed E-state index contributed by atoms with van der Waals surface area (Å²) < 4.78 is 9.93. The lowest BCUT2D eigenvalue weighted by Crippen LogP contribution is -2.01. The molecule has 0 radical (unpaired) electrons. The molecule has 102 valence electrons. The molecule has 0 unspecified atom stereocenters. The number of hydrogen-bond donors (Lipinski definition) is 0. The van der Waals surface area contributed by atoms with Gasteiger partial charge in [0.1, 0.15) is 17.4 Å². The van der Waals surface area contributed by atoms with Gasteiger partial charge in [0.25, 0.3) is 5.69 Å². The Morgan fingerprint density at radius 3 is 2.84 bits per heavy atom. The molecule has 0 amide bonds. The van der Waals surface area contributed by atoms with Crippen LogP contribution in [0, 0.1) is 10.1 Å². The van der Waals surface area contributed by atoms with Gasteiger partial charge in [-0.3, -0.25) is 10.1 Å². The maximum atomic E-state index is 11.0. The first-order valence-electron chi connectivity index (χ1n) is 5.44. The van der Waals surface area contributed by atoms with Crippen molar-refractivity contribution in [3.63, 3.8) is 0 Å². The van der Waals surface area contributed by atoms with Crippen LogP contribution in [-0.2, 0) is 9.53 Å². The summed E-state index contributed by atoms with van der Waals surface area (Å²) in [5.74, 6) is -0.0723. The van der Waals surface area contributed by atoms with Gasteiger partial charge in [0.15, 0.2) is 0 Å². The summed E-state index contributed by atoms with van der Waals surface area (Å²) in [5.41, 5.74) is -0.184. The zero-order valence-electron chi connectivity index (χ0n) is 10.2. The minimum atomic E-state index is -0.577. The fourth-order valence-corrected chi connectivity index (χ4v) is 1.44. The first-order chi connectivity index (χ1) is 9.04. The fourth-order valence-electron chi connectivity index (χ4n) is 1.20. The zero-order valence-corrected chi connectivity index (χ0v) is 10.9. The Hall–Kier alpha value is -2.08. The number of hydrogen-bond acceptors (Lipinski definition) is 5. The summed E-state index contributed by atoms with van der Waals surface area (Å²) in [6, 6.07) is 4.03.